The van der Waals surface area contributed by atoms with E-state index in [1.165, 1.54) is 18.3 Å². The van der Waals surface area contributed by atoms with Crippen molar-refractivity contribution in [1.29, 1.82) is 0 Å². The molecule has 0 amide bonds. The minimum Gasteiger partial charge on any atom is -0.353 e. The molecule has 0 unspecified atom stereocenters. The fourth-order valence-electron chi connectivity index (χ4n) is 1.83. The van der Waals surface area contributed by atoms with Gasteiger partial charge in [0.05, 0.1) is 16.4 Å². The topological polar surface area (TPSA) is 71.1 Å². The zero-order valence-electron chi connectivity index (χ0n) is 12.0. The number of anilines is 2. The summed E-state index contributed by atoms with van der Waals surface area (Å²) in [5.74, 6) is 0. The second kappa shape index (κ2) is 6.83. The van der Waals surface area contributed by atoms with Gasteiger partial charge in [0.2, 0.25) is 10.0 Å². The van der Waals surface area contributed by atoms with Crippen molar-refractivity contribution in [3.8, 4) is 0 Å². The van der Waals surface area contributed by atoms with Gasteiger partial charge in [0.15, 0.2) is 0 Å². The first-order chi connectivity index (χ1) is 10.3. The molecule has 1 heterocycles. The molecular formula is C14H15Cl2N3O2S. The van der Waals surface area contributed by atoms with Crippen molar-refractivity contribution in [1.82, 2.24) is 9.71 Å². The Morgan fingerprint density at radius 3 is 2.50 bits per heavy atom. The standard InChI is InChI=1S/C14H15Cl2N3O2S/c1-9(2)19-22(20,21)13-6-4-3-5-11(13)18-12-7-14(16)17-8-10(12)15/h3-9,19H,1-2H3,(H,17,18). The van der Waals surface area contributed by atoms with Gasteiger partial charge in [-0.3, -0.25) is 0 Å². The van der Waals surface area contributed by atoms with Crippen LogP contribution in [0.15, 0.2) is 41.4 Å². The number of para-hydroxylation sites is 1. The highest BCUT2D eigenvalue weighted by molar-refractivity contribution is 7.89. The molecular weight excluding hydrogens is 345 g/mol. The lowest BCUT2D eigenvalue weighted by Crippen LogP contribution is -2.30. The Kier molecular flexibility index (Phi) is 5.28. The number of halogens is 2. The van der Waals surface area contributed by atoms with Crippen molar-refractivity contribution in [2.75, 3.05) is 5.32 Å². The number of nitrogens with zero attached hydrogens (tertiary/aromatic N) is 1. The zero-order valence-corrected chi connectivity index (χ0v) is 14.3. The maximum absolute atomic E-state index is 12.4. The first-order valence-corrected chi connectivity index (χ1v) is 8.73. The molecule has 2 aromatic rings. The first-order valence-electron chi connectivity index (χ1n) is 6.49. The molecule has 0 aliphatic carbocycles. The van der Waals surface area contributed by atoms with E-state index in [9.17, 15) is 8.42 Å². The first kappa shape index (κ1) is 17.0. The molecule has 0 radical (unpaired) electrons. The van der Waals surface area contributed by atoms with Crippen LogP contribution in [0.2, 0.25) is 10.2 Å². The molecule has 5 nitrogen and oxygen atoms in total. The number of benzene rings is 1. The Bertz CT molecular complexity index is 779. The monoisotopic (exact) mass is 359 g/mol. The van der Waals surface area contributed by atoms with Crippen molar-refractivity contribution in [2.24, 2.45) is 0 Å². The highest BCUT2D eigenvalue weighted by Crippen LogP contribution is 2.30. The molecule has 118 valence electrons. The third-order valence-corrected chi connectivity index (χ3v) is 4.88. The van der Waals surface area contributed by atoms with E-state index in [2.05, 4.69) is 15.0 Å². The van der Waals surface area contributed by atoms with Gasteiger partial charge in [-0.25, -0.2) is 18.1 Å². The van der Waals surface area contributed by atoms with Crippen LogP contribution in [-0.4, -0.2) is 19.4 Å². The Morgan fingerprint density at radius 2 is 1.82 bits per heavy atom. The summed E-state index contributed by atoms with van der Waals surface area (Å²) < 4.78 is 27.3. The fraction of sp³-hybridized carbons (Fsp3) is 0.214. The number of pyridine rings is 1. The van der Waals surface area contributed by atoms with Crippen molar-refractivity contribution in [3.63, 3.8) is 0 Å². The Morgan fingerprint density at radius 1 is 1.14 bits per heavy atom. The second-order valence-corrected chi connectivity index (χ2v) is 7.36. The molecule has 0 saturated heterocycles. The van der Waals surface area contributed by atoms with E-state index in [0.29, 0.717) is 16.4 Å². The summed E-state index contributed by atoms with van der Waals surface area (Å²) in [6, 6.07) is 7.87. The van der Waals surface area contributed by atoms with Gasteiger partial charge >= 0.3 is 0 Å². The van der Waals surface area contributed by atoms with E-state index in [0.717, 1.165) is 0 Å². The molecule has 0 spiro atoms. The van der Waals surface area contributed by atoms with Crippen molar-refractivity contribution in [3.05, 3.63) is 46.7 Å². The van der Waals surface area contributed by atoms with E-state index in [-0.39, 0.29) is 16.1 Å². The van der Waals surface area contributed by atoms with Gasteiger partial charge in [0.1, 0.15) is 10.0 Å². The molecule has 0 bridgehead atoms. The van der Waals surface area contributed by atoms with E-state index in [1.807, 2.05) is 0 Å². The lowest BCUT2D eigenvalue weighted by molar-refractivity contribution is 0.570. The Balaban J connectivity index is 2.43. The van der Waals surface area contributed by atoms with Crippen molar-refractivity contribution < 1.29 is 8.42 Å². The van der Waals surface area contributed by atoms with Gasteiger partial charge in [0.25, 0.3) is 0 Å². The average Bonchev–Trinajstić information content (AvgIpc) is 2.42. The van der Waals surface area contributed by atoms with E-state index >= 15 is 0 Å². The smallest absolute Gasteiger partial charge is 0.242 e. The Labute approximate surface area is 139 Å². The van der Waals surface area contributed by atoms with Gasteiger partial charge in [-0.2, -0.15) is 0 Å². The summed E-state index contributed by atoms with van der Waals surface area (Å²) in [4.78, 5) is 3.99. The van der Waals surface area contributed by atoms with Crippen LogP contribution in [-0.2, 0) is 10.0 Å². The van der Waals surface area contributed by atoms with Crippen LogP contribution in [0.4, 0.5) is 11.4 Å². The number of hydrogen-bond acceptors (Lipinski definition) is 4. The van der Waals surface area contributed by atoms with Gasteiger partial charge in [-0.15, -0.1) is 0 Å². The van der Waals surface area contributed by atoms with Crippen molar-refractivity contribution >= 4 is 44.6 Å². The molecule has 0 fully saturated rings. The molecule has 0 aliphatic heterocycles. The quantitative estimate of drug-likeness (QED) is 0.796. The third kappa shape index (κ3) is 4.10. The Hall–Kier alpha value is -1.34. The van der Waals surface area contributed by atoms with Crippen LogP contribution in [0, 0.1) is 0 Å². The predicted molar refractivity (Wildman–Crippen MR) is 89.4 cm³/mol. The lowest BCUT2D eigenvalue weighted by Gasteiger charge is -2.15. The molecule has 0 atom stereocenters. The van der Waals surface area contributed by atoms with Gasteiger partial charge in [-0.1, -0.05) is 35.3 Å². The summed E-state index contributed by atoms with van der Waals surface area (Å²) >= 11 is 11.9. The van der Waals surface area contributed by atoms with Crippen LogP contribution >= 0.6 is 23.2 Å². The molecule has 0 aliphatic rings. The zero-order chi connectivity index (χ0) is 16.3. The molecule has 0 saturated carbocycles. The highest BCUT2D eigenvalue weighted by atomic mass is 35.5. The minimum absolute atomic E-state index is 0.132. The summed E-state index contributed by atoms with van der Waals surface area (Å²) in [7, 11) is -3.64. The molecule has 1 aromatic heterocycles. The van der Waals surface area contributed by atoms with Crippen LogP contribution in [0.1, 0.15) is 13.8 Å². The van der Waals surface area contributed by atoms with E-state index < -0.39 is 10.0 Å². The van der Waals surface area contributed by atoms with Crippen molar-refractivity contribution in [2.45, 2.75) is 24.8 Å². The maximum atomic E-state index is 12.4. The molecule has 2 rings (SSSR count). The van der Waals surface area contributed by atoms with E-state index in [1.54, 1.807) is 32.0 Å². The van der Waals surface area contributed by atoms with Crippen LogP contribution in [0.5, 0.6) is 0 Å². The summed E-state index contributed by atoms with van der Waals surface area (Å²) in [6.45, 7) is 3.51. The predicted octanol–water partition coefficient (Wildman–Crippen LogP) is 3.82. The molecule has 8 heteroatoms. The highest BCUT2D eigenvalue weighted by Gasteiger charge is 2.19. The van der Waals surface area contributed by atoms with E-state index in [4.69, 9.17) is 23.2 Å². The lowest BCUT2D eigenvalue weighted by atomic mass is 10.3. The summed E-state index contributed by atoms with van der Waals surface area (Å²) in [5, 5.41) is 3.58. The van der Waals surface area contributed by atoms with Gasteiger partial charge < -0.3 is 5.32 Å². The molecule has 1 aromatic carbocycles. The SMILES string of the molecule is CC(C)NS(=O)(=O)c1ccccc1Nc1cc(Cl)ncc1Cl. The number of hydrogen-bond donors (Lipinski definition) is 2. The van der Waals surface area contributed by atoms with Crippen LogP contribution < -0.4 is 10.0 Å². The number of rotatable bonds is 5. The normalized spacial score (nSPS) is 11.7. The summed E-state index contributed by atoms with van der Waals surface area (Å²) in [6.07, 6.45) is 1.40. The number of nitrogens with one attached hydrogen (secondary N) is 2. The largest absolute Gasteiger partial charge is 0.353 e. The third-order valence-electron chi connectivity index (χ3n) is 2.66. The average molecular weight is 360 g/mol. The van der Waals surface area contributed by atoms with Gasteiger partial charge in [-0.05, 0) is 26.0 Å². The van der Waals surface area contributed by atoms with Crippen LogP contribution in [0.3, 0.4) is 0 Å². The number of aromatic nitrogens is 1. The summed E-state index contributed by atoms with van der Waals surface area (Å²) in [5.41, 5.74) is 0.883. The maximum Gasteiger partial charge on any atom is 0.242 e. The van der Waals surface area contributed by atoms with Gasteiger partial charge in [0, 0.05) is 18.3 Å². The molecule has 22 heavy (non-hydrogen) atoms. The fourth-order valence-corrected chi connectivity index (χ4v) is 3.55. The number of sulfonamides is 1. The van der Waals surface area contributed by atoms with Crippen LogP contribution in [0.25, 0.3) is 0 Å². The second-order valence-electron chi connectivity index (χ2n) is 4.88. The minimum atomic E-state index is -3.64. The molecule has 2 N–H and O–H groups in total.